The van der Waals surface area contributed by atoms with Crippen LogP contribution in [0.5, 0.6) is 0 Å². The minimum Gasteiger partial charge on any atom is -0.398 e. The lowest BCUT2D eigenvalue weighted by Crippen LogP contribution is -2.59. The molecule has 10 nitrogen and oxygen atoms in total. The molecule has 8 N–H and O–H groups in total. The fraction of sp³-hybridized carbons (Fsp3) is 0.808. The van der Waals surface area contributed by atoms with Gasteiger partial charge in [-0.25, -0.2) is 8.42 Å². The highest BCUT2D eigenvalue weighted by atomic mass is 32.2. The van der Waals surface area contributed by atoms with E-state index in [-0.39, 0.29) is 23.0 Å². The second kappa shape index (κ2) is 25.3. The number of hydrogen-bond acceptors (Lipinski definition) is 9. The molecule has 0 spiro atoms. The Balaban J connectivity index is 1.39. The van der Waals surface area contributed by atoms with Gasteiger partial charge in [-0.2, -0.15) is 4.31 Å². The summed E-state index contributed by atoms with van der Waals surface area (Å²) in [6.45, 7) is 17.3. The summed E-state index contributed by atoms with van der Waals surface area (Å²) in [6, 6.07) is 11.1. The Bertz CT molecular complexity index is 1740. The van der Waals surface area contributed by atoms with Crippen molar-refractivity contribution in [3.63, 3.8) is 0 Å². The maximum atomic E-state index is 14.7. The van der Waals surface area contributed by atoms with Gasteiger partial charge < -0.3 is 37.1 Å². The van der Waals surface area contributed by atoms with E-state index in [9.17, 15) is 8.42 Å². The van der Waals surface area contributed by atoms with Crippen LogP contribution in [0.1, 0.15) is 157 Å². The van der Waals surface area contributed by atoms with E-state index < -0.39 is 10.0 Å². The molecule has 2 aromatic carbocycles. The standard InChI is InChI=1S/C52H91N5O5S/c1-6-8-9-10-11-12-33-57(63(58,59)48-23-14-20-41-42(48)21-13-22-46(41)56)34-15-19-39(3)43-24-25-44-50(47(7-2)61-36-17-31-54)45(38-49(52(43,44)5)62-37-18-32-55)51(4)28-26-40(27-29-51)60-35-16-30-53/h13-14,20-23,39-40,43-45,47,49-50H,6-12,15-19,24-38,53-56H2,1-5H3/t39-,40?,43-,44+,45+,47-,49+,50?,51?,52-/m1/s1. The third-order valence-electron chi connectivity index (χ3n) is 16.4. The molecule has 3 fully saturated rings. The lowest BCUT2D eigenvalue weighted by molar-refractivity contribution is -0.191. The van der Waals surface area contributed by atoms with Crippen LogP contribution < -0.4 is 22.9 Å². The summed E-state index contributed by atoms with van der Waals surface area (Å²) in [5, 5.41) is 1.49. The first-order chi connectivity index (χ1) is 30.4. The van der Waals surface area contributed by atoms with Gasteiger partial charge in [-0.1, -0.05) is 91.0 Å². The number of unbranched alkanes of at least 4 members (excludes halogenated alkanes) is 5. The van der Waals surface area contributed by atoms with E-state index >= 15 is 0 Å². The highest BCUT2D eigenvalue weighted by molar-refractivity contribution is 7.89. The molecule has 0 amide bonds. The van der Waals surface area contributed by atoms with Crippen molar-refractivity contribution >= 4 is 26.5 Å². The Morgan fingerprint density at radius 3 is 2.08 bits per heavy atom. The van der Waals surface area contributed by atoms with Crippen molar-refractivity contribution in [1.82, 2.24) is 4.31 Å². The zero-order valence-corrected chi connectivity index (χ0v) is 41.2. The second-order valence-corrected chi connectivity index (χ2v) is 22.3. The lowest BCUT2D eigenvalue weighted by atomic mass is 9.48. The van der Waals surface area contributed by atoms with Gasteiger partial charge in [-0.05, 0) is 157 Å². The molecule has 5 rings (SSSR count). The average molecular weight is 898 g/mol. The van der Waals surface area contributed by atoms with Crippen molar-refractivity contribution in [2.24, 2.45) is 57.6 Å². The SMILES string of the molecule is CCCCCCCCN(CCC[C@@H](C)[C@H]1CC[C@H]2C([C@@H](CC)OCCCN)[C@@H](C3(C)CCC(OCCCN)CC3)C[C@H](OCCCN)[C@]12C)S(=O)(=O)c1cccc2c(N)cccc12. The van der Waals surface area contributed by atoms with Gasteiger partial charge in [0.1, 0.15) is 0 Å². The van der Waals surface area contributed by atoms with Gasteiger partial charge in [0.15, 0.2) is 0 Å². The molecular formula is C52H91N5O5S. The van der Waals surface area contributed by atoms with Gasteiger partial charge in [0, 0.05) is 54.8 Å². The topological polar surface area (TPSA) is 169 Å². The van der Waals surface area contributed by atoms with Crippen LogP contribution >= 0.6 is 0 Å². The van der Waals surface area contributed by atoms with Gasteiger partial charge in [0.05, 0.1) is 23.2 Å². The number of nitrogen functional groups attached to an aromatic ring is 1. The molecule has 0 bridgehead atoms. The van der Waals surface area contributed by atoms with Crippen molar-refractivity contribution < 1.29 is 22.6 Å². The molecule has 0 radical (unpaired) electrons. The third kappa shape index (κ3) is 12.8. The third-order valence-corrected chi connectivity index (χ3v) is 18.3. The van der Waals surface area contributed by atoms with Crippen LogP contribution in [0.15, 0.2) is 41.3 Å². The summed E-state index contributed by atoms with van der Waals surface area (Å²) in [7, 11) is -3.76. The summed E-state index contributed by atoms with van der Waals surface area (Å²) < 4.78 is 51.5. The minimum absolute atomic E-state index is 0.0358. The molecule has 0 aromatic heterocycles. The average Bonchev–Trinajstić information content (AvgIpc) is 3.64. The molecule has 8 atom stereocenters. The van der Waals surface area contributed by atoms with E-state index in [0.717, 1.165) is 108 Å². The fourth-order valence-electron chi connectivity index (χ4n) is 12.8. The van der Waals surface area contributed by atoms with E-state index in [1.807, 2.05) is 30.3 Å². The number of nitrogens with zero attached hydrogens (tertiary/aromatic N) is 1. The maximum absolute atomic E-state index is 14.7. The predicted octanol–water partition coefficient (Wildman–Crippen LogP) is 10.1. The first kappa shape index (κ1) is 52.1. The number of anilines is 1. The van der Waals surface area contributed by atoms with Crippen molar-refractivity contribution in [2.45, 2.75) is 180 Å². The summed E-state index contributed by atoms with van der Waals surface area (Å²) >= 11 is 0. The van der Waals surface area contributed by atoms with Crippen molar-refractivity contribution in [3.05, 3.63) is 36.4 Å². The van der Waals surface area contributed by atoms with Crippen LogP contribution in [0, 0.1) is 40.4 Å². The Labute approximate surface area is 384 Å². The molecule has 0 saturated heterocycles. The highest BCUT2D eigenvalue weighted by Crippen LogP contribution is 2.66. The van der Waals surface area contributed by atoms with E-state index in [1.54, 1.807) is 10.4 Å². The first-order valence-electron chi connectivity index (χ1n) is 25.6. The molecule has 360 valence electrons. The monoisotopic (exact) mass is 898 g/mol. The van der Waals surface area contributed by atoms with Gasteiger partial charge in [0.2, 0.25) is 10.0 Å². The normalized spacial score (nSPS) is 28.7. The predicted molar refractivity (Wildman–Crippen MR) is 262 cm³/mol. The van der Waals surface area contributed by atoms with Crippen LogP contribution in [0.3, 0.4) is 0 Å². The fourth-order valence-corrected chi connectivity index (χ4v) is 14.5. The summed E-state index contributed by atoms with van der Waals surface area (Å²) in [4.78, 5) is 0.359. The molecule has 11 heteroatoms. The molecule has 3 aliphatic carbocycles. The van der Waals surface area contributed by atoms with Crippen LogP contribution in [0.4, 0.5) is 5.69 Å². The number of nitrogens with two attached hydrogens (primary N) is 4. The van der Waals surface area contributed by atoms with Crippen LogP contribution in [-0.4, -0.2) is 83.6 Å². The largest absolute Gasteiger partial charge is 0.398 e. The molecule has 1 unspecified atom stereocenters. The maximum Gasteiger partial charge on any atom is 0.243 e. The Hall–Kier alpha value is -1.83. The van der Waals surface area contributed by atoms with Crippen LogP contribution in [-0.2, 0) is 24.2 Å². The summed E-state index contributed by atoms with van der Waals surface area (Å²) in [5.74, 6) is 2.23. The van der Waals surface area contributed by atoms with Gasteiger partial charge in [-0.3, -0.25) is 0 Å². The molecule has 63 heavy (non-hydrogen) atoms. The van der Waals surface area contributed by atoms with Crippen LogP contribution in [0.25, 0.3) is 10.8 Å². The summed E-state index contributed by atoms with van der Waals surface area (Å²) in [5.41, 5.74) is 25.0. The van der Waals surface area contributed by atoms with Gasteiger partial charge >= 0.3 is 0 Å². The van der Waals surface area contributed by atoms with Crippen molar-refractivity contribution in [2.75, 3.05) is 58.3 Å². The number of hydrogen-bond donors (Lipinski definition) is 4. The smallest absolute Gasteiger partial charge is 0.243 e. The minimum atomic E-state index is -3.76. The quantitative estimate of drug-likeness (QED) is 0.0459. The molecule has 2 aromatic rings. The number of fused-ring (bicyclic) bond motifs is 2. The number of benzene rings is 2. The van der Waals surface area contributed by atoms with Crippen molar-refractivity contribution in [1.29, 1.82) is 0 Å². The molecule has 3 aliphatic rings. The van der Waals surface area contributed by atoms with E-state index in [1.165, 1.54) is 25.7 Å². The van der Waals surface area contributed by atoms with Gasteiger partial charge in [0.25, 0.3) is 0 Å². The van der Waals surface area contributed by atoms with E-state index in [0.29, 0.717) is 97.6 Å². The molecular weight excluding hydrogens is 807 g/mol. The van der Waals surface area contributed by atoms with Crippen molar-refractivity contribution in [3.8, 4) is 0 Å². The van der Waals surface area contributed by atoms with E-state index in [4.69, 9.17) is 37.1 Å². The highest BCUT2D eigenvalue weighted by Gasteiger charge is 2.63. The van der Waals surface area contributed by atoms with Crippen LogP contribution in [0.2, 0.25) is 0 Å². The van der Waals surface area contributed by atoms with Gasteiger partial charge in [-0.15, -0.1) is 0 Å². The zero-order valence-electron chi connectivity index (χ0n) is 40.4. The molecule has 0 aliphatic heterocycles. The van der Waals surface area contributed by atoms with E-state index in [2.05, 4.69) is 34.6 Å². The summed E-state index contributed by atoms with van der Waals surface area (Å²) in [6.07, 6.45) is 20.6. The second-order valence-electron chi connectivity index (χ2n) is 20.4. The number of rotatable bonds is 29. The number of sulfonamides is 1. The molecule has 0 heterocycles. The first-order valence-corrected chi connectivity index (χ1v) is 27.1. The Kier molecular flexibility index (Phi) is 21.0. The Morgan fingerprint density at radius 1 is 0.746 bits per heavy atom. The molecule has 3 saturated carbocycles. The zero-order chi connectivity index (χ0) is 45.5. The lowest BCUT2D eigenvalue weighted by Gasteiger charge is -2.60. The Morgan fingerprint density at radius 2 is 1.38 bits per heavy atom. The number of ether oxygens (including phenoxy) is 3.